The standard InChI is InChI=1S/C19H12O8/c1-8(20)26-13-7-12(19(24)25)18(27-9(2)21)15-14(13)16(22)10-5-3-4-6-11(10)17(15)23/h3-7H,1-2H3,(H,24,25). The van der Waals surface area contributed by atoms with Gasteiger partial charge in [-0.15, -0.1) is 0 Å². The number of carboxylic acid groups (broad SMARTS) is 1. The van der Waals surface area contributed by atoms with Crippen LogP contribution in [0, 0.1) is 0 Å². The highest BCUT2D eigenvalue weighted by Gasteiger charge is 2.38. The maximum atomic E-state index is 13.0. The molecular weight excluding hydrogens is 356 g/mol. The number of rotatable bonds is 3. The Hall–Kier alpha value is -3.81. The van der Waals surface area contributed by atoms with Gasteiger partial charge in [-0.25, -0.2) is 4.79 Å². The Balaban J connectivity index is 2.43. The minimum atomic E-state index is -1.53. The van der Waals surface area contributed by atoms with Gasteiger partial charge in [0.15, 0.2) is 17.3 Å². The molecule has 0 bridgehead atoms. The van der Waals surface area contributed by atoms with Crippen LogP contribution in [0.2, 0.25) is 0 Å². The van der Waals surface area contributed by atoms with E-state index in [-0.39, 0.29) is 16.7 Å². The Kier molecular flexibility index (Phi) is 4.32. The van der Waals surface area contributed by atoms with Gasteiger partial charge in [0.25, 0.3) is 0 Å². The summed E-state index contributed by atoms with van der Waals surface area (Å²) in [5, 5.41) is 9.46. The van der Waals surface area contributed by atoms with Gasteiger partial charge in [-0.3, -0.25) is 19.2 Å². The molecule has 1 aliphatic rings. The summed E-state index contributed by atoms with van der Waals surface area (Å²) in [5.41, 5.74) is -1.24. The number of ether oxygens (including phenoxy) is 2. The lowest BCUT2D eigenvalue weighted by Crippen LogP contribution is -2.25. The molecule has 0 amide bonds. The third-order valence-electron chi connectivity index (χ3n) is 3.84. The molecule has 0 atom stereocenters. The molecule has 0 aromatic heterocycles. The summed E-state index contributed by atoms with van der Waals surface area (Å²) in [6, 6.07) is 6.80. The van der Waals surface area contributed by atoms with Crippen LogP contribution in [0.15, 0.2) is 30.3 Å². The van der Waals surface area contributed by atoms with E-state index in [1.807, 2.05) is 0 Å². The van der Waals surface area contributed by atoms with Crippen molar-refractivity contribution in [2.24, 2.45) is 0 Å². The number of hydrogen-bond donors (Lipinski definition) is 1. The van der Waals surface area contributed by atoms with Gasteiger partial charge in [-0.2, -0.15) is 0 Å². The summed E-state index contributed by atoms with van der Waals surface area (Å²) in [6.07, 6.45) is 0. The van der Waals surface area contributed by atoms with Crippen molar-refractivity contribution in [2.75, 3.05) is 0 Å². The number of esters is 2. The summed E-state index contributed by atoms with van der Waals surface area (Å²) in [4.78, 5) is 60.5. The average Bonchev–Trinajstić information content (AvgIpc) is 2.59. The van der Waals surface area contributed by atoms with Crippen LogP contribution in [0.4, 0.5) is 0 Å². The van der Waals surface area contributed by atoms with Gasteiger partial charge in [0.05, 0.1) is 11.1 Å². The topological polar surface area (TPSA) is 124 Å². The van der Waals surface area contributed by atoms with Gasteiger partial charge >= 0.3 is 17.9 Å². The van der Waals surface area contributed by atoms with E-state index in [1.54, 1.807) is 6.07 Å². The maximum Gasteiger partial charge on any atom is 0.339 e. The lowest BCUT2D eigenvalue weighted by Gasteiger charge is -2.22. The number of carboxylic acids is 1. The highest BCUT2D eigenvalue weighted by Crippen LogP contribution is 2.41. The number of fused-ring (bicyclic) bond motifs is 2. The average molecular weight is 368 g/mol. The van der Waals surface area contributed by atoms with Crippen molar-refractivity contribution in [2.45, 2.75) is 13.8 Å². The van der Waals surface area contributed by atoms with Crippen molar-refractivity contribution in [3.63, 3.8) is 0 Å². The minimum absolute atomic E-state index is 0.0275. The summed E-state index contributed by atoms with van der Waals surface area (Å²) in [6.45, 7) is 2.09. The molecule has 0 saturated heterocycles. The van der Waals surface area contributed by atoms with Crippen molar-refractivity contribution in [1.29, 1.82) is 0 Å². The SMILES string of the molecule is CC(=O)Oc1cc(C(=O)O)c(OC(C)=O)c2c1C(=O)c1ccccc1C2=O. The number of aromatic carboxylic acids is 1. The van der Waals surface area contributed by atoms with Crippen LogP contribution in [0.25, 0.3) is 0 Å². The molecule has 0 spiro atoms. The normalized spacial score (nSPS) is 12.1. The van der Waals surface area contributed by atoms with Crippen molar-refractivity contribution < 1.29 is 38.6 Å². The molecule has 0 aliphatic heterocycles. The number of benzene rings is 2. The molecule has 2 aromatic rings. The van der Waals surface area contributed by atoms with Gasteiger partial charge in [0.1, 0.15) is 11.3 Å². The van der Waals surface area contributed by atoms with Crippen molar-refractivity contribution in [3.8, 4) is 11.5 Å². The fraction of sp³-hybridized carbons (Fsp3) is 0.105. The zero-order valence-corrected chi connectivity index (χ0v) is 14.2. The zero-order valence-electron chi connectivity index (χ0n) is 14.2. The lowest BCUT2D eigenvalue weighted by atomic mass is 9.82. The zero-order chi connectivity index (χ0) is 19.9. The fourth-order valence-corrected chi connectivity index (χ4v) is 2.87. The predicted octanol–water partition coefficient (Wildman–Crippen LogP) is 2.01. The second-order valence-electron chi connectivity index (χ2n) is 5.70. The van der Waals surface area contributed by atoms with E-state index in [0.29, 0.717) is 0 Å². The fourth-order valence-electron chi connectivity index (χ4n) is 2.87. The van der Waals surface area contributed by atoms with Gasteiger partial charge in [0.2, 0.25) is 0 Å². The molecule has 2 aromatic carbocycles. The molecule has 27 heavy (non-hydrogen) atoms. The van der Waals surface area contributed by atoms with E-state index >= 15 is 0 Å². The van der Waals surface area contributed by atoms with E-state index in [9.17, 15) is 29.1 Å². The Morgan fingerprint density at radius 1 is 0.852 bits per heavy atom. The number of carbonyl (C=O) groups excluding carboxylic acids is 4. The van der Waals surface area contributed by atoms with Gasteiger partial charge < -0.3 is 14.6 Å². The quantitative estimate of drug-likeness (QED) is 0.550. The first kappa shape index (κ1) is 18.0. The van der Waals surface area contributed by atoms with Crippen LogP contribution >= 0.6 is 0 Å². The molecule has 8 nitrogen and oxygen atoms in total. The first-order valence-corrected chi connectivity index (χ1v) is 7.72. The molecule has 8 heteroatoms. The third-order valence-corrected chi connectivity index (χ3v) is 3.84. The second kappa shape index (κ2) is 6.49. The van der Waals surface area contributed by atoms with Crippen molar-refractivity contribution in [3.05, 3.63) is 58.1 Å². The molecule has 1 N–H and O–H groups in total. The molecule has 0 saturated carbocycles. The first-order chi connectivity index (χ1) is 12.7. The van der Waals surface area contributed by atoms with Crippen LogP contribution in [-0.2, 0) is 9.59 Å². The van der Waals surface area contributed by atoms with E-state index in [1.165, 1.54) is 18.2 Å². The molecule has 0 unspecified atom stereocenters. The molecule has 0 heterocycles. The Morgan fingerprint density at radius 3 is 1.85 bits per heavy atom. The Labute approximate surface area is 152 Å². The summed E-state index contributed by atoms with van der Waals surface area (Å²) < 4.78 is 9.95. The van der Waals surface area contributed by atoms with Crippen molar-refractivity contribution >= 4 is 29.5 Å². The van der Waals surface area contributed by atoms with Crippen molar-refractivity contribution in [1.82, 2.24) is 0 Å². The van der Waals surface area contributed by atoms with Crippen LogP contribution in [0.3, 0.4) is 0 Å². The molecule has 136 valence electrons. The predicted molar refractivity (Wildman–Crippen MR) is 89.3 cm³/mol. The smallest absolute Gasteiger partial charge is 0.339 e. The number of ketones is 2. The highest BCUT2D eigenvalue weighted by atomic mass is 16.5. The Morgan fingerprint density at radius 2 is 1.37 bits per heavy atom. The van der Waals surface area contributed by atoms with E-state index in [0.717, 1.165) is 19.9 Å². The molecule has 0 radical (unpaired) electrons. The molecule has 0 fully saturated rings. The minimum Gasteiger partial charge on any atom is -0.478 e. The van der Waals surface area contributed by atoms with E-state index < -0.39 is 52.1 Å². The van der Waals surface area contributed by atoms with Gasteiger partial charge in [-0.1, -0.05) is 24.3 Å². The molecule has 3 rings (SSSR count). The van der Waals surface area contributed by atoms with Crippen LogP contribution in [0.5, 0.6) is 11.5 Å². The Bertz CT molecular complexity index is 1050. The van der Waals surface area contributed by atoms with Crippen LogP contribution in [-0.4, -0.2) is 34.6 Å². The summed E-state index contributed by atoms with van der Waals surface area (Å²) in [7, 11) is 0. The second-order valence-corrected chi connectivity index (χ2v) is 5.70. The van der Waals surface area contributed by atoms with Crippen LogP contribution < -0.4 is 9.47 Å². The monoisotopic (exact) mass is 368 g/mol. The summed E-state index contributed by atoms with van der Waals surface area (Å²) in [5.74, 6) is -5.53. The van der Waals surface area contributed by atoms with E-state index in [2.05, 4.69) is 0 Å². The summed E-state index contributed by atoms with van der Waals surface area (Å²) >= 11 is 0. The van der Waals surface area contributed by atoms with Crippen LogP contribution in [0.1, 0.15) is 56.0 Å². The molecule has 1 aliphatic carbocycles. The highest BCUT2D eigenvalue weighted by molar-refractivity contribution is 6.31. The van der Waals surface area contributed by atoms with Gasteiger partial charge in [-0.05, 0) is 0 Å². The van der Waals surface area contributed by atoms with E-state index in [4.69, 9.17) is 9.47 Å². The lowest BCUT2D eigenvalue weighted by molar-refractivity contribution is -0.133. The first-order valence-electron chi connectivity index (χ1n) is 7.72. The molecular formula is C19H12O8. The van der Waals surface area contributed by atoms with Gasteiger partial charge in [0, 0.05) is 31.0 Å². The number of hydrogen-bond acceptors (Lipinski definition) is 7. The largest absolute Gasteiger partial charge is 0.478 e. The maximum absolute atomic E-state index is 13.0. The third kappa shape index (κ3) is 2.97. The number of carbonyl (C=O) groups is 5.